The van der Waals surface area contributed by atoms with Gasteiger partial charge in [0.1, 0.15) is 17.7 Å². The van der Waals surface area contributed by atoms with Gasteiger partial charge in [0.25, 0.3) is 0 Å². The molecule has 0 spiro atoms. The Morgan fingerprint density at radius 1 is 1.08 bits per heavy atom. The summed E-state index contributed by atoms with van der Waals surface area (Å²) in [4.78, 5) is 60.2. The highest BCUT2D eigenvalue weighted by Crippen LogP contribution is 2.69. The van der Waals surface area contributed by atoms with Crippen molar-refractivity contribution in [2.75, 3.05) is 50.7 Å². The Bertz CT molecular complexity index is 1730. The van der Waals surface area contributed by atoms with E-state index < -0.39 is 45.9 Å². The first-order chi connectivity index (χ1) is 24.7. The minimum Gasteiger partial charge on any atom is -0.458 e. The third kappa shape index (κ3) is 5.84. The molecule has 14 nitrogen and oxygen atoms in total. The van der Waals surface area contributed by atoms with Crippen molar-refractivity contribution in [2.45, 2.75) is 103 Å². The number of ketones is 1. The summed E-state index contributed by atoms with van der Waals surface area (Å²) in [6.45, 7) is 15.8. The van der Waals surface area contributed by atoms with Gasteiger partial charge < -0.3 is 35.1 Å². The van der Waals surface area contributed by atoms with Crippen molar-refractivity contribution in [1.29, 1.82) is 0 Å². The Morgan fingerprint density at radius 3 is 2.52 bits per heavy atom. The minimum atomic E-state index is -1.09. The smallest absolute Gasteiger partial charge is 0.320 e. The molecule has 52 heavy (non-hydrogen) atoms. The molecule has 7 rings (SSSR count). The number of hydrogen-bond donors (Lipinski definition) is 3. The number of carbonyl (C=O) groups is 3. The van der Waals surface area contributed by atoms with E-state index in [0.29, 0.717) is 76.0 Å². The van der Waals surface area contributed by atoms with Crippen LogP contribution in [0.1, 0.15) is 72.6 Å². The number of piperazine rings is 1. The van der Waals surface area contributed by atoms with E-state index in [1.165, 1.54) is 6.33 Å². The third-order valence-corrected chi connectivity index (χ3v) is 14.3. The van der Waals surface area contributed by atoms with E-state index in [2.05, 4.69) is 26.4 Å². The number of anilines is 1. The fraction of sp³-hybridized carbons (Fsp3) is 0.737. The molecular weight excluding hydrogens is 664 g/mol. The Kier molecular flexibility index (Phi) is 9.53. The Labute approximate surface area is 305 Å². The van der Waals surface area contributed by atoms with Gasteiger partial charge in [-0.05, 0) is 50.4 Å². The standard InChI is InChI=1S/C38H56N8O6/c1-6-35(3)19-27(48)37(5)31-26(47)7-10-38(31,24(2)32(35)51)12-11-36(37,4)52-29(50)21-43-15-17-44(18-16-43)28(49)9-14-46-23-42-30-33(40-22-41-34(30)46)45-13-8-25(39)20-45/h6,22-25,27,31-32,48,51H,1,7-21,39H2,2-5H3. The first-order valence-electron chi connectivity index (χ1n) is 19.1. The summed E-state index contributed by atoms with van der Waals surface area (Å²) < 4.78 is 8.29. The number of aliphatic hydroxyl groups is 2. The molecule has 0 aromatic carbocycles. The van der Waals surface area contributed by atoms with Gasteiger partial charge in [-0.15, -0.1) is 6.58 Å². The number of imidazole rings is 1. The number of fused-ring (bicyclic) bond motifs is 1. The fourth-order valence-electron chi connectivity index (χ4n) is 10.7. The molecule has 3 aliphatic carbocycles. The van der Waals surface area contributed by atoms with Crippen LogP contribution >= 0.6 is 0 Å². The predicted octanol–water partition coefficient (Wildman–Crippen LogP) is 1.92. The van der Waals surface area contributed by atoms with Gasteiger partial charge in [0.05, 0.1) is 25.1 Å². The molecular formula is C38H56N8O6. The van der Waals surface area contributed by atoms with E-state index in [0.717, 1.165) is 25.3 Å². The van der Waals surface area contributed by atoms with Gasteiger partial charge in [0, 0.05) is 81.4 Å². The number of esters is 1. The van der Waals surface area contributed by atoms with Crippen molar-refractivity contribution in [3.8, 4) is 0 Å². The maximum absolute atomic E-state index is 13.7. The van der Waals surface area contributed by atoms with Gasteiger partial charge in [-0.25, -0.2) is 15.0 Å². The van der Waals surface area contributed by atoms with Gasteiger partial charge in [-0.3, -0.25) is 19.3 Å². The molecule has 2 saturated heterocycles. The van der Waals surface area contributed by atoms with Crippen molar-refractivity contribution < 1.29 is 29.3 Å². The Morgan fingerprint density at radius 2 is 1.83 bits per heavy atom. The zero-order valence-corrected chi connectivity index (χ0v) is 31.2. The lowest BCUT2D eigenvalue weighted by Gasteiger charge is -2.64. The van der Waals surface area contributed by atoms with Gasteiger partial charge >= 0.3 is 5.97 Å². The number of Topliss-reactive ketones (excluding diaryl/α,β-unsaturated/α-hetero) is 1. The summed E-state index contributed by atoms with van der Waals surface area (Å²) in [5, 5.41) is 23.6. The number of ether oxygens (including phenoxy) is 1. The lowest BCUT2D eigenvalue weighted by molar-refractivity contribution is -0.252. The zero-order valence-electron chi connectivity index (χ0n) is 31.2. The van der Waals surface area contributed by atoms with Crippen LogP contribution in [-0.2, 0) is 25.7 Å². The van der Waals surface area contributed by atoms with Crippen molar-refractivity contribution in [1.82, 2.24) is 29.3 Å². The van der Waals surface area contributed by atoms with Gasteiger partial charge in [-0.2, -0.15) is 0 Å². The largest absolute Gasteiger partial charge is 0.458 e. The monoisotopic (exact) mass is 720 g/mol. The first kappa shape index (κ1) is 36.9. The molecule has 0 radical (unpaired) electrons. The van der Waals surface area contributed by atoms with Crippen LogP contribution < -0.4 is 10.6 Å². The second-order valence-electron chi connectivity index (χ2n) is 17.0. The molecule has 2 bridgehead atoms. The molecule has 9 atom stereocenters. The van der Waals surface area contributed by atoms with Crippen LogP contribution in [0, 0.1) is 28.1 Å². The molecule has 284 valence electrons. The van der Waals surface area contributed by atoms with E-state index in [9.17, 15) is 24.6 Å². The minimum absolute atomic E-state index is 0.0281. The lowest BCUT2D eigenvalue weighted by atomic mass is 9.42. The number of aromatic nitrogens is 4. The topological polar surface area (TPSA) is 180 Å². The predicted molar refractivity (Wildman–Crippen MR) is 194 cm³/mol. The highest BCUT2D eigenvalue weighted by Gasteiger charge is 2.72. The molecule has 9 unspecified atom stereocenters. The van der Waals surface area contributed by atoms with E-state index in [1.54, 1.807) is 12.4 Å². The second-order valence-corrected chi connectivity index (χ2v) is 17.0. The van der Waals surface area contributed by atoms with Crippen LogP contribution in [0.2, 0.25) is 0 Å². The van der Waals surface area contributed by atoms with Crippen molar-refractivity contribution in [3.63, 3.8) is 0 Å². The number of carbonyl (C=O) groups excluding carboxylic acids is 3. The third-order valence-electron chi connectivity index (χ3n) is 14.3. The maximum Gasteiger partial charge on any atom is 0.320 e. The van der Waals surface area contributed by atoms with E-state index >= 15 is 0 Å². The molecule has 4 heterocycles. The summed E-state index contributed by atoms with van der Waals surface area (Å²) in [5.41, 5.74) is 4.11. The molecule has 3 saturated carbocycles. The molecule has 1 amide bonds. The Balaban J connectivity index is 0.967. The van der Waals surface area contributed by atoms with E-state index in [4.69, 9.17) is 10.5 Å². The summed E-state index contributed by atoms with van der Waals surface area (Å²) >= 11 is 0. The summed E-state index contributed by atoms with van der Waals surface area (Å²) in [6, 6.07) is 0.115. The fourth-order valence-corrected chi connectivity index (χ4v) is 10.7. The number of nitrogens with zero attached hydrogens (tertiary/aromatic N) is 7. The van der Waals surface area contributed by atoms with Gasteiger partial charge in [0.15, 0.2) is 17.0 Å². The number of rotatable bonds is 8. The zero-order chi connectivity index (χ0) is 37.2. The quantitative estimate of drug-likeness (QED) is 0.267. The van der Waals surface area contributed by atoms with Crippen LogP contribution in [-0.4, -0.2) is 127 Å². The average Bonchev–Trinajstić information content (AvgIpc) is 3.85. The average molecular weight is 721 g/mol. The number of aryl methyl sites for hydroxylation is 1. The number of amides is 1. The SMILES string of the molecule is C=CC1(C)CC(O)C2(C)C3C(=O)CCC3(CCC2(C)OC(=O)CN2CCN(C(=O)CCn3cnc4c(N5CCC(N)C5)ncnc43)CC2)C(C)C1O. The van der Waals surface area contributed by atoms with Crippen LogP contribution in [0.4, 0.5) is 5.82 Å². The van der Waals surface area contributed by atoms with E-state index in [1.807, 2.05) is 42.1 Å². The van der Waals surface area contributed by atoms with Crippen molar-refractivity contribution in [3.05, 3.63) is 25.3 Å². The van der Waals surface area contributed by atoms with Gasteiger partial charge in [-0.1, -0.05) is 26.8 Å². The van der Waals surface area contributed by atoms with Crippen LogP contribution in [0.15, 0.2) is 25.3 Å². The lowest BCUT2D eigenvalue weighted by Crippen LogP contribution is -2.69. The maximum atomic E-state index is 13.7. The molecule has 5 aliphatic rings. The van der Waals surface area contributed by atoms with Crippen LogP contribution in [0.3, 0.4) is 0 Å². The number of aliphatic hydroxyl groups excluding tert-OH is 2. The van der Waals surface area contributed by atoms with Crippen molar-refractivity contribution in [2.24, 2.45) is 33.8 Å². The molecule has 2 aromatic rings. The van der Waals surface area contributed by atoms with E-state index in [-0.39, 0.29) is 36.6 Å². The normalized spacial score (nSPS) is 38.2. The van der Waals surface area contributed by atoms with Crippen LogP contribution in [0.25, 0.3) is 11.2 Å². The number of nitrogens with two attached hydrogens (primary N) is 1. The van der Waals surface area contributed by atoms with Crippen molar-refractivity contribution >= 4 is 34.6 Å². The molecule has 2 aromatic heterocycles. The second kappa shape index (κ2) is 13.4. The van der Waals surface area contributed by atoms with Crippen LogP contribution in [0.5, 0.6) is 0 Å². The Hall–Kier alpha value is -3.46. The summed E-state index contributed by atoms with van der Waals surface area (Å²) in [5.74, 6) is -0.250. The molecule has 2 aliphatic heterocycles. The molecule has 14 heteroatoms. The molecule has 4 N–H and O–H groups in total. The number of hydrogen-bond acceptors (Lipinski definition) is 12. The highest BCUT2D eigenvalue weighted by molar-refractivity contribution is 5.86. The first-order valence-corrected chi connectivity index (χ1v) is 19.1. The van der Waals surface area contributed by atoms with Gasteiger partial charge in [0.2, 0.25) is 5.91 Å². The highest BCUT2D eigenvalue weighted by atomic mass is 16.6. The summed E-state index contributed by atoms with van der Waals surface area (Å²) in [6.07, 6.45) is 6.78. The molecule has 5 fully saturated rings. The summed E-state index contributed by atoms with van der Waals surface area (Å²) in [7, 11) is 0.